The summed E-state index contributed by atoms with van der Waals surface area (Å²) >= 11 is 1.80. The highest BCUT2D eigenvalue weighted by Crippen LogP contribution is 2.42. The van der Waals surface area contributed by atoms with Crippen LogP contribution in [0.15, 0.2) is 42.5 Å². The van der Waals surface area contributed by atoms with Crippen LogP contribution < -0.4 is 9.47 Å². The Kier molecular flexibility index (Phi) is 5.58. The van der Waals surface area contributed by atoms with Crippen molar-refractivity contribution in [2.24, 2.45) is 0 Å². The smallest absolute Gasteiger partial charge is 0.255 e. The molecule has 0 saturated carbocycles. The van der Waals surface area contributed by atoms with E-state index in [0.717, 1.165) is 41.3 Å². The second kappa shape index (κ2) is 8.26. The van der Waals surface area contributed by atoms with Gasteiger partial charge in [-0.3, -0.25) is 4.79 Å². The molecule has 4 nitrogen and oxygen atoms in total. The maximum Gasteiger partial charge on any atom is 0.255 e. The zero-order valence-corrected chi connectivity index (χ0v) is 16.5. The van der Waals surface area contributed by atoms with Gasteiger partial charge >= 0.3 is 0 Å². The van der Waals surface area contributed by atoms with E-state index in [-0.39, 0.29) is 11.3 Å². The van der Waals surface area contributed by atoms with E-state index in [4.69, 9.17) is 9.47 Å². The SMILES string of the molecule is CCCCc1ccc(C(=O)N2CCSC2c2ccc3c(c2)OCCO3)cc1. The van der Waals surface area contributed by atoms with Crippen molar-refractivity contribution in [1.82, 2.24) is 4.90 Å². The normalized spacial score (nSPS) is 18.6. The Morgan fingerprint density at radius 1 is 1.11 bits per heavy atom. The highest BCUT2D eigenvalue weighted by atomic mass is 32.2. The van der Waals surface area contributed by atoms with Crippen molar-refractivity contribution in [2.75, 3.05) is 25.5 Å². The molecule has 0 radical (unpaired) electrons. The molecule has 0 spiro atoms. The molecule has 1 fully saturated rings. The minimum Gasteiger partial charge on any atom is -0.486 e. The molecule has 2 aromatic rings. The van der Waals surface area contributed by atoms with E-state index < -0.39 is 0 Å². The van der Waals surface area contributed by atoms with Crippen LogP contribution in [0.4, 0.5) is 0 Å². The quantitative estimate of drug-likeness (QED) is 0.751. The maximum atomic E-state index is 13.1. The molecule has 2 heterocycles. The standard InChI is InChI=1S/C22H25NO3S/c1-2-3-4-16-5-7-17(8-6-16)21(24)23-11-14-27-22(23)18-9-10-19-20(15-18)26-13-12-25-19/h5-10,15,22H,2-4,11-14H2,1H3. The summed E-state index contributed by atoms with van der Waals surface area (Å²) in [5, 5.41) is 0.0214. The average molecular weight is 384 g/mol. The third-order valence-corrected chi connectivity index (χ3v) is 6.28. The van der Waals surface area contributed by atoms with Crippen molar-refractivity contribution in [1.29, 1.82) is 0 Å². The summed E-state index contributed by atoms with van der Waals surface area (Å²) in [5.74, 6) is 2.61. The predicted molar refractivity (Wildman–Crippen MR) is 109 cm³/mol. The summed E-state index contributed by atoms with van der Waals surface area (Å²) in [6, 6.07) is 14.1. The van der Waals surface area contributed by atoms with Crippen LogP contribution in [0.3, 0.4) is 0 Å². The highest BCUT2D eigenvalue weighted by Gasteiger charge is 2.32. The zero-order chi connectivity index (χ0) is 18.6. The maximum absolute atomic E-state index is 13.1. The topological polar surface area (TPSA) is 38.8 Å². The van der Waals surface area contributed by atoms with E-state index in [1.165, 1.54) is 18.4 Å². The van der Waals surface area contributed by atoms with Crippen LogP contribution in [-0.4, -0.2) is 36.3 Å². The van der Waals surface area contributed by atoms with Crippen molar-refractivity contribution in [3.8, 4) is 11.5 Å². The summed E-state index contributed by atoms with van der Waals surface area (Å²) < 4.78 is 11.3. The van der Waals surface area contributed by atoms with Crippen LogP contribution in [-0.2, 0) is 6.42 Å². The molecule has 27 heavy (non-hydrogen) atoms. The number of amides is 1. The van der Waals surface area contributed by atoms with Gasteiger partial charge in [0.05, 0.1) is 0 Å². The number of ether oxygens (including phenoxy) is 2. The van der Waals surface area contributed by atoms with Crippen LogP contribution in [0.5, 0.6) is 11.5 Å². The number of unbranched alkanes of at least 4 members (excludes halogenated alkanes) is 1. The first kappa shape index (κ1) is 18.2. The van der Waals surface area contributed by atoms with Gasteiger partial charge in [0.15, 0.2) is 11.5 Å². The fourth-order valence-electron chi connectivity index (χ4n) is 3.53. The molecule has 1 saturated heterocycles. The Bertz CT molecular complexity index is 806. The van der Waals surface area contributed by atoms with E-state index in [9.17, 15) is 4.79 Å². The first-order valence-electron chi connectivity index (χ1n) is 9.67. The zero-order valence-electron chi connectivity index (χ0n) is 15.6. The Morgan fingerprint density at radius 2 is 1.89 bits per heavy atom. The first-order valence-corrected chi connectivity index (χ1v) is 10.7. The van der Waals surface area contributed by atoms with Crippen LogP contribution in [0.1, 0.15) is 46.6 Å². The predicted octanol–water partition coefficient (Wildman–Crippen LogP) is 4.69. The number of nitrogens with zero attached hydrogens (tertiary/aromatic N) is 1. The fourth-order valence-corrected chi connectivity index (χ4v) is 4.77. The molecule has 2 aromatic carbocycles. The van der Waals surface area contributed by atoms with Crippen molar-refractivity contribution in [2.45, 2.75) is 31.6 Å². The van der Waals surface area contributed by atoms with Crippen molar-refractivity contribution in [3.63, 3.8) is 0 Å². The molecule has 0 bridgehead atoms. The number of thioether (sulfide) groups is 1. The third-order valence-electron chi connectivity index (χ3n) is 5.02. The van der Waals surface area contributed by atoms with Gasteiger partial charge in [0, 0.05) is 17.9 Å². The molecule has 2 aliphatic rings. The minimum absolute atomic E-state index is 0.0214. The van der Waals surface area contributed by atoms with E-state index in [0.29, 0.717) is 13.2 Å². The summed E-state index contributed by atoms with van der Waals surface area (Å²) in [6.07, 6.45) is 3.44. The van der Waals surface area contributed by atoms with Gasteiger partial charge < -0.3 is 14.4 Å². The molecule has 0 aliphatic carbocycles. The van der Waals surface area contributed by atoms with Crippen molar-refractivity contribution < 1.29 is 14.3 Å². The molecule has 0 aromatic heterocycles. The minimum atomic E-state index is 0.0214. The number of fused-ring (bicyclic) bond motifs is 1. The van der Waals surface area contributed by atoms with Gasteiger partial charge in [0.1, 0.15) is 18.6 Å². The van der Waals surface area contributed by atoms with E-state index >= 15 is 0 Å². The molecular weight excluding hydrogens is 358 g/mol. The lowest BCUT2D eigenvalue weighted by Gasteiger charge is -2.26. The summed E-state index contributed by atoms with van der Waals surface area (Å²) in [5.41, 5.74) is 3.16. The molecule has 0 N–H and O–H groups in total. The number of benzene rings is 2. The van der Waals surface area contributed by atoms with Crippen LogP contribution in [0, 0.1) is 0 Å². The Hall–Kier alpha value is -2.14. The summed E-state index contributed by atoms with van der Waals surface area (Å²) in [6.45, 7) is 4.12. The van der Waals surface area contributed by atoms with Crippen LogP contribution in [0.25, 0.3) is 0 Å². The molecule has 1 atom stereocenters. The molecule has 5 heteroatoms. The van der Waals surface area contributed by atoms with Crippen LogP contribution in [0.2, 0.25) is 0 Å². The lowest BCUT2D eigenvalue weighted by atomic mass is 10.1. The molecule has 2 aliphatic heterocycles. The van der Waals surface area contributed by atoms with Gasteiger partial charge in [-0.2, -0.15) is 0 Å². The number of rotatable bonds is 5. The summed E-state index contributed by atoms with van der Waals surface area (Å²) in [7, 11) is 0. The number of aryl methyl sites for hydroxylation is 1. The van der Waals surface area contributed by atoms with Gasteiger partial charge in [-0.1, -0.05) is 31.5 Å². The van der Waals surface area contributed by atoms with E-state index in [1.54, 1.807) is 11.8 Å². The van der Waals surface area contributed by atoms with Crippen molar-refractivity contribution >= 4 is 17.7 Å². The van der Waals surface area contributed by atoms with Crippen molar-refractivity contribution in [3.05, 3.63) is 59.2 Å². The Morgan fingerprint density at radius 3 is 2.67 bits per heavy atom. The molecule has 142 valence electrons. The lowest BCUT2D eigenvalue weighted by molar-refractivity contribution is 0.0760. The van der Waals surface area contributed by atoms with E-state index in [2.05, 4.69) is 19.1 Å². The third kappa shape index (κ3) is 3.93. The first-order chi connectivity index (χ1) is 13.3. The Labute approximate surface area is 164 Å². The number of hydrogen-bond donors (Lipinski definition) is 0. The monoisotopic (exact) mass is 383 g/mol. The molecule has 1 amide bonds. The highest BCUT2D eigenvalue weighted by molar-refractivity contribution is 7.99. The second-order valence-corrected chi connectivity index (χ2v) is 8.11. The number of carbonyl (C=O) groups is 1. The second-order valence-electron chi connectivity index (χ2n) is 6.93. The van der Waals surface area contributed by atoms with E-state index in [1.807, 2.05) is 35.2 Å². The lowest BCUT2D eigenvalue weighted by Crippen LogP contribution is -2.30. The average Bonchev–Trinajstić information content (AvgIpc) is 3.21. The van der Waals surface area contributed by atoms with Gasteiger partial charge in [0.25, 0.3) is 5.91 Å². The van der Waals surface area contributed by atoms with Crippen LogP contribution >= 0.6 is 11.8 Å². The molecular formula is C22H25NO3S. The van der Waals surface area contributed by atoms with Gasteiger partial charge in [-0.05, 0) is 48.2 Å². The number of carbonyl (C=O) groups excluding carboxylic acids is 1. The molecule has 4 rings (SSSR count). The van der Waals surface area contributed by atoms with Gasteiger partial charge in [0.2, 0.25) is 0 Å². The fraction of sp³-hybridized carbons (Fsp3) is 0.409. The van der Waals surface area contributed by atoms with Gasteiger partial charge in [-0.25, -0.2) is 0 Å². The Balaban J connectivity index is 1.51. The summed E-state index contributed by atoms with van der Waals surface area (Å²) in [4.78, 5) is 15.1. The largest absolute Gasteiger partial charge is 0.486 e. The molecule has 1 unspecified atom stereocenters. The number of hydrogen-bond acceptors (Lipinski definition) is 4. The van der Waals surface area contributed by atoms with Gasteiger partial charge in [-0.15, -0.1) is 11.8 Å².